The van der Waals surface area contributed by atoms with E-state index in [2.05, 4.69) is 10.3 Å². The van der Waals surface area contributed by atoms with Crippen molar-refractivity contribution in [3.8, 4) is 0 Å². The molecule has 0 saturated heterocycles. The van der Waals surface area contributed by atoms with Crippen LogP contribution in [0.5, 0.6) is 0 Å². The predicted octanol–water partition coefficient (Wildman–Crippen LogP) is 3.35. The minimum Gasteiger partial charge on any atom is -0.396 e. The van der Waals surface area contributed by atoms with E-state index >= 15 is 0 Å². The van der Waals surface area contributed by atoms with Crippen LogP contribution in [0.3, 0.4) is 0 Å². The molecule has 0 bridgehead atoms. The van der Waals surface area contributed by atoms with Gasteiger partial charge in [-0.2, -0.15) is 11.8 Å². The molecular formula is C15H14ClFN2O2S. The van der Waals surface area contributed by atoms with Gasteiger partial charge >= 0.3 is 0 Å². The summed E-state index contributed by atoms with van der Waals surface area (Å²) in [6, 6.07) is 7.37. The second-order valence-electron chi connectivity index (χ2n) is 4.41. The average molecular weight is 341 g/mol. The van der Waals surface area contributed by atoms with Crippen LogP contribution in [0, 0.1) is 5.82 Å². The van der Waals surface area contributed by atoms with E-state index in [9.17, 15) is 9.18 Å². The Hall–Kier alpha value is -1.63. The van der Waals surface area contributed by atoms with Gasteiger partial charge in [-0.15, -0.1) is 0 Å². The van der Waals surface area contributed by atoms with Crippen LogP contribution in [-0.4, -0.2) is 28.4 Å². The molecule has 0 aliphatic heterocycles. The number of nitrogens with one attached hydrogen (secondary N) is 1. The Kier molecular flexibility index (Phi) is 6.18. The first-order chi connectivity index (χ1) is 10.6. The number of aromatic nitrogens is 1. The molecule has 0 unspecified atom stereocenters. The van der Waals surface area contributed by atoms with Crippen molar-refractivity contribution in [2.24, 2.45) is 0 Å². The Labute approximate surface area is 136 Å². The van der Waals surface area contributed by atoms with Crippen molar-refractivity contribution in [1.82, 2.24) is 4.98 Å². The molecule has 1 amide bonds. The van der Waals surface area contributed by atoms with Crippen LogP contribution < -0.4 is 5.32 Å². The highest BCUT2D eigenvalue weighted by atomic mass is 35.5. The van der Waals surface area contributed by atoms with Gasteiger partial charge in [0.1, 0.15) is 11.6 Å². The summed E-state index contributed by atoms with van der Waals surface area (Å²) in [5.74, 6) is 0.799. The zero-order chi connectivity index (χ0) is 15.9. The fourth-order valence-electron chi connectivity index (χ4n) is 1.71. The maximum Gasteiger partial charge on any atom is 0.256 e. The quantitative estimate of drug-likeness (QED) is 0.792. The lowest BCUT2D eigenvalue weighted by Gasteiger charge is -2.07. The van der Waals surface area contributed by atoms with Crippen molar-refractivity contribution in [2.45, 2.75) is 5.75 Å². The van der Waals surface area contributed by atoms with E-state index in [1.54, 1.807) is 24.0 Å². The molecule has 0 aliphatic carbocycles. The maximum absolute atomic E-state index is 13.1. The number of amides is 1. The number of thioether (sulfide) groups is 1. The number of hydrogen-bond donors (Lipinski definition) is 2. The average Bonchev–Trinajstić information content (AvgIpc) is 2.50. The second kappa shape index (κ2) is 8.12. The first kappa shape index (κ1) is 16.7. The van der Waals surface area contributed by atoms with E-state index in [4.69, 9.17) is 16.7 Å². The van der Waals surface area contributed by atoms with Gasteiger partial charge in [0.2, 0.25) is 0 Å². The fourth-order valence-corrected chi connectivity index (χ4v) is 2.58. The van der Waals surface area contributed by atoms with Crippen LogP contribution >= 0.6 is 23.4 Å². The first-order valence-electron chi connectivity index (χ1n) is 6.50. The molecule has 22 heavy (non-hydrogen) atoms. The molecule has 1 aromatic heterocycles. The molecule has 116 valence electrons. The van der Waals surface area contributed by atoms with Crippen molar-refractivity contribution >= 4 is 35.1 Å². The van der Waals surface area contributed by atoms with E-state index in [-0.39, 0.29) is 17.2 Å². The number of anilines is 1. The highest BCUT2D eigenvalue weighted by Gasteiger charge is 2.10. The number of aliphatic hydroxyl groups excluding tert-OH is 1. The fraction of sp³-hybridized carbons (Fsp3) is 0.200. The summed E-state index contributed by atoms with van der Waals surface area (Å²) in [7, 11) is 0. The third-order valence-corrected chi connectivity index (χ3v) is 4.05. The standard InChI is InChI=1S/C15H14ClFN2O2S/c16-12-8-11(1-2-13(12)17)15(21)19-14-7-10(3-4-18-14)9-22-6-5-20/h1-4,7-8,20H,5-6,9H2,(H,18,19,21). The van der Waals surface area contributed by atoms with Crippen molar-refractivity contribution in [2.75, 3.05) is 17.7 Å². The molecule has 0 fully saturated rings. The molecule has 0 aliphatic rings. The van der Waals surface area contributed by atoms with Gasteiger partial charge < -0.3 is 10.4 Å². The summed E-state index contributed by atoms with van der Waals surface area (Å²) >= 11 is 7.25. The molecule has 2 aromatic rings. The highest BCUT2D eigenvalue weighted by Crippen LogP contribution is 2.18. The molecular weight excluding hydrogens is 327 g/mol. The first-order valence-corrected chi connectivity index (χ1v) is 8.03. The van der Waals surface area contributed by atoms with Crippen LogP contribution in [0.1, 0.15) is 15.9 Å². The molecule has 1 aromatic carbocycles. The lowest BCUT2D eigenvalue weighted by Crippen LogP contribution is -2.13. The number of halogens is 2. The summed E-state index contributed by atoms with van der Waals surface area (Å²) in [6.45, 7) is 0.130. The summed E-state index contributed by atoms with van der Waals surface area (Å²) in [5.41, 5.74) is 1.24. The lowest BCUT2D eigenvalue weighted by atomic mass is 10.2. The predicted molar refractivity (Wildman–Crippen MR) is 86.8 cm³/mol. The minimum absolute atomic E-state index is 0.102. The van der Waals surface area contributed by atoms with Gasteiger partial charge in [-0.25, -0.2) is 9.37 Å². The Morgan fingerprint density at radius 1 is 1.36 bits per heavy atom. The largest absolute Gasteiger partial charge is 0.396 e. The van der Waals surface area contributed by atoms with Crippen molar-refractivity contribution in [3.05, 3.63) is 58.5 Å². The molecule has 0 radical (unpaired) electrons. The SMILES string of the molecule is O=C(Nc1cc(CSCCO)ccn1)c1ccc(F)c(Cl)c1. The number of aliphatic hydroxyl groups is 1. The van der Waals surface area contributed by atoms with Crippen molar-refractivity contribution in [3.63, 3.8) is 0 Å². The number of carbonyl (C=O) groups excluding carboxylic acids is 1. The molecule has 2 rings (SSSR count). The smallest absolute Gasteiger partial charge is 0.256 e. The van der Waals surface area contributed by atoms with E-state index in [1.807, 2.05) is 6.07 Å². The van der Waals surface area contributed by atoms with Crippen molar-refractivity contribution in [1.29, 1.82) is 0 Å². The van der Waals surface area contributed by atoms with Crippen LogP contribution in [0.4, 0.5) is 10.2 Å². The topological polar surface area (TPSA) is 62.2 Å². The normalized spacial score (nSPS) is 10.5. The zero-order valence-electron chi connectivity index (χ0n) is 11.6. The van der Waals surface area contributed by atoms with E-state index in [1.165, 1.54) is 12.1 Å². The Morgan fingerprint density at radius 2 is 2.18 bits per heavy atom. The van der Waals surface area contributed by atoms with E-state index in [0.717, 1.165) is 11.6 Å². The number of nitrogens with zero attached hydrogens (tertiary/aromatic N) is 1. The molecule has 0 atom stereocenters. The van der Waals surface area contributed by atoms with E-state index in [0.29, 0.717) is 17.3 Å². The Morgan fingerprint density at radius 3 is 2.91 bits per heavy atom. The zero-order valence-corrected chi connectivity index (χ0v) is 13.1. The number of hydrogen-bond acceptors (Lipinski definition) is 4. The molecule has 2 N–H and O–H groups in total. The van der Waals surface area contributed by atoms with Crippen LogP contribution in [0.25, 0.3) is 0 Å². The summed E-state index contributed by atoms with van der Waals surface area (Å²) in [5, 5.41) is 11.3. The summed E-state index contributed by atoms with van der Waals surface area (Å²) < 4.78 is 13.1. The lowest BCUT2D eigenvalue weighted by molar-refractivity contribution is 0.102. The third-order valence-electron chi connectivity index (χ3n) is 2.75. The Bertz CT molecular complexity index is 670. The maximum atomic E-state index is 13.1. The van der Waals surface area contributed by atoms with Crippen LogP contribution in [0.15, 0.2) is 36.5 Å². The number of benzene rings is 1. The molecule has 0 saturated carbocycles. The molecule has 7 heteroatoms. The van der Waals surface area contributed by atoms with Gasteiger partial charge in [-0.3, -0.25) is 4.79 Å². The van der Waals surface area contributed by atoms with E-state index < -0.39 is 11.7 Å². The van der Waals surface area contributed by atoms with Gasteiger partial charge in [0, 0.05) is 23.3 Å². The van der Waals surface area contributed by atoms with Gasteiger partial charge in [0.15, 0.2) is 0 Å². The molecule has 1 heterocycles. The third kappa shape index (κ3) is 4.69. The molecule has 4 nitrogen and oxygen atoms in total. The Balaban J connectivity index is 2.04. The number of rotatable bonds is 6. The minimum atomic E-state index is -0.570. The summed E-state index contributed by atoms with van der Waals surface area (Å²) in [4.78, 5) is 16.2. The van der Waals surface area contributed by atoms with Gasteiger partial charge in [0.05, 0.1) is 11.6 Å². The number of carbonyl (C=O) groups is 1. The highest BCUT2D eigenvalue weighted by molar-refractivity contribution is 7.98. The second-order valence-corrected chi connectivity index (χ2v) is 5.92. The van der Waals surface area contributed by atoms with Crippen molar-refractivity contribution < 1.29 is 14.3 Å². The van der Waals surface area contributed by atoms with Crippen LogP contribution in [-0.2, 0) is 5.75 Å². The van der Waals surface area contributed by atoms with Gasteiger partial charge in [-0.1, -0.05) is 11.6 Å². The van der Waals surface area contributed by atoms with Crippen LogP contribution in [0.2, 0.25) is 5.02 Å². The molecule has 0 spiro atoms. The van der Waals surface area contributed by atoms with Gasteiger partial charge in [-0.05, 0) is 35.9 Å². The summed E-state index contributed by atoms with van der Waals surface area (Å²) in [6.07, 6.45) is 1.60. The van der Waals surface area contributed by atoms with Gasteiger partial charge in [0.25, 0.3) is 5.91 Å². The number of pyridine rings is 1. The monoisotopic (exact) mass is 340 g/mol.